The molecule has 1 amide bonds. The van der Waals surface area contributed by atoms with Gasteiger partial charge in [-0.3, -0.25) is 9.69 Å². The highest BCUT2D eigenvalue weighted by atomic mass is 32.2. The normalized spacial score (nSPS) is 18.2. The van der Waals surface area contributed by atoms with Gasteiger partial charge in [0.1, 0.15) is 0 Å². The summed E-state index contributed by atoms with van der Waals surface area (Å²) in [5.74, 6) is -0.230. The number of ether oxygens (including phenoxy) is 2. The molecule has 7 nitrogen and oxygen atoms in total. The lowest BCUT2D eigenvalue weighted by atomic mass is 9.91. The van der Waals surface area contributed by atoms with Gasteiger partial charge in [0.25, 0.3) is 0 Å². The van der Waals surface area contributed by atoms with E-state index in [-0.39, 0.29) is 35.3 Å². The molecule has 4 rings (SSSR count). The highest BCUT2D eigenvalue weighted by molar-refractivity contribution is 8.15. The molecule has 2 aliphatic rings. The monoisotopic (exact) mass is 424 g/mol. The standard InChI is InChI=1S/C22H20N2O5S/c1-3-29-21(27)18-19(13-7-5-4-6-8-13)23-22-24(17(26)12-30-22)20(18)14-9-10-15(25)16(11-14)28-2/h4-11,20,25H,3,12H2,1-2H3/t20-/m0/s1. The van der Waals surface area contributed by atoms with Crippen LogP contribution >= 0.6 is 11.8 Å². The molecule has 2 aromatic carbocycles. The highest BCUT2D eigenvalue weighted by Gasteiger charge is 2.44. The van der Waals surface area contributed by atoms with Crippen molar-refractivity contribution in [3.05, 3.63) is 65.2 Å². The minimum atomic E-state index is -0.747. The van der Waals surface area contributed by atoms with Gasteiger partial charge < -0.3 is 14.6 Å². The predicted molar refractivity (Wildman–Crippen MR) is 114 cm³/mol. The van der Waals surface area contributed by atoms with E-state index in [0.29, 0.717) is 16.4 Å². The number of amides is 1. The van der Waals surface area contributed by atoms with Crippen LogP contribution in [0.2, 0.25) is 0 Å². The topological polar surface area (TPSA) is 88.4 Å². The minimum absolute atomic E-state index is 0.0296. The first-order valence-electron chi connectivity index (χ1n) is 9.42. The van der Waals surface area contributed by atoms with E-state index in [4.69, 9.17) is 9.47 Å². The van der Waals surface area contributed by atoms with Crippen molar-refractivity contribution < 1.29 is 24.2 Å². The summed E-state index contributed by atoms with van der Waals surface area (Å²) in [5.41, 5.74) is 2.11. The van der Waals surface area contributed by atoms with Crippen molar-refractivity contribution in [3.8, 4) is 11.5 Å². The maximum absolute atomic E-state index is 13.1. The van der Waals surface area contributed by atoms with E-state index in [1.54, 1.807) is 19.1 Å². The fourth-order valence-electron chi connectivity index (χ4n) is 3.54. The van der Waals surface area contributed by atoms with Crippen LogP contribution in [0.25, 0.3) is 5.70 Å². The van der Waals surface area contributed by atoms with Crippen molar-refractivity contribution in [2.75, 3.05) is 19.5 Å². The predicted octanol–water partition coefficient (Wildman–Crippen LogP) is 3.36. The fourth-order valence-corrected chi connectivity index (χ4v) is 4.43. The Hall–Kier alpha value is -3.26. The van der Waals surface area contributed by atoms with Crippen molar-refractivity contribution in [2.24, 2.45) is 4.99 Å². The number of hydrogen-bond acceptors (Lipinski definition) is 7. The largest absolute Gasteiger partial charge is 0.504 e. The number of esters is 1. The molecule has 0 bridgehead atoms. The molecule has 0 aliphatic carbocycles. The molecule has 1 fully saturated rings. The summed E-state index contributed by atoms with van der Waals surface area (Å²) < 4.78 is 10.6. The van der Waals surface area contributed by atoms with E-state index in [1.165, 1.54) is 29.8 Å². The second kappa shape index (κ2) is 8.23. The first kappa shape index (κ1) is 20.0. The van der Waals surface area contributed by atoms with Gasteiger partial charge in [-0.05, 0) is 24.6 Å². The lowest BCUT2D eigenvalue weighted by Crippen LogP contribution is -2.39. The molecule has 0 spiro atoms. The van der Waals surface area contributed by atoms with Gasteiger partial charge >= 0.3 is 5.97 Å². The number of aliphatic imine (C=N–C) groups is 1. The van der Waals surface area contributed by atoms with Gasteiger partial charge in [-0.25, -0.2) is 9.79 Å². The maximum Gasteiger partial charge on any atom is 0.338 e. The van der Waals surface area contributed by atoms with Crippen LogP contribution in [0, 0.1) is 0 Å². The van der Waals surface area contributed by atoms with Gasteiger partial charge in [-0.2, -0.15) is 0 Å². The Bertz CT molecular complexity index is 1060. The fraction of sp³-hybridized carbons (Fsp3) is 0.227. The van der Waals surface area contributed by atoms with Crippen molar-refractivity contribution in [1.29, 1.82) is 0 Å². The van der Waals surface area contributed by atoms with Gasteiger partial charge in [0.15, 0.2) is 16.7 Å². The van der Waals surface area contributed by atoms with E-state index >= 15 is 0 Å². The molecule has 2 aliphatic heterocycles. The van der Waals surface area contributed by atoms with Crippen LogP contribution in [-0.2, 0) is 14.3 Å². The number of fused-ring (bicyclic) bond motifs is 1. The van der Waals surface area contributed by atoms with Crippen LogP contribution in [0.1, 0.15) is 24.1 Å². The average molecular weight is 424 g/mol. The van der Waals surface area contributed by atoms with Crippen LogP contribution in [0.4, 0.5) is 0 Å². The van der Waals surface area contributed by atoms with Crippen LogP contribution < -0.4 is 4.74 Å². The molecular weight excluding hydrogens is 404 g/mol. The molecule has 8 heteroatoms. The Balaban J connectivity index is 1.98. The summed E-state index contributed by atoms with van der Waals surface area (Å²) in [6, 6.07) is 13.4. The van der Waals surface area contributed by atoms with Crippen molar-refractivity contribution in [2.45, 2.75) is 13.0 Å². The van der Waals surface area contributed by atoms with E-state index in [2.05, 4.69) is 4.99 Å². The third-order valence-corrected chi connectivity index (χ3v) is 5.79. The zero-order valence-electron chi connectivity index (χ0n) is 16.5. The Morgan fingerprint density at radius 3 is 2.73 bits per heavy atom. The third-order valence-electron chi connectivity index (χ3n) is 4.86. The number of hydrogen-bond donors (Lipinski definition) is 1. The number of thioether (sulfide) groups is 1. The highest BCUT2D eigenvalue weighted by Crippen LogP contribution is 2.45. The van der Waals surface area contributed by atoms with Crippen LogP contribution in [0.3, 0.4) is 0 Å². The molecule has 2 heterocycles. The van der Waals surface area contributed by atoms with E-state index in [1.807, 2.05) is 30.3 Å². The van der Waals surface area contributed by atoms with Gasteiger partial charge in [0.05, 0.1) is 36.8 Å². The molecule has 30 heavy (non-hydrogen) atoms. The third kappa shape index (κ3) is 3.43. The summed E-state index contributed by atoms with van der Waals surface area (Å²) in [6.07, 6.45) is 0. The number of carbonyl (C=O) groups is 2. The summed E-state index contributed by atoms with van der Waals surface area (Å²) in [6.45, 7) is 1.92. The Morgan fingerprint density at radius 2 is 2.03 bits per heavy atom. The molecule has 0 radical (unpaired) electrons. The first-order valence-corrected chi connectivity index (χ1v) is 10.4. The first-order chi connectivity index (χ1) is 14.5. The number of carbonyl (C=O) groups excluding carboxylic acids is 2. The molecule has 154 valence electrons. The number of phenols is 1. The SMILES string of the molecule is CCOC(=O)C1=C(c2ccccc2)N=C2SCC(=O)N2[C@H]1c1ccc(O)c(OC)c1. The summed E-state index contributed by atoms with van der Waals surface area (Å²) in [7, 11) is 1.45. The molecule has 1 atom stereocenters. The van der Waals surface area contributed by atoms with E-state index < -0.39 is 12.0 Å². The van der Waals surface area contributed by atoms with Gasteiger partial charge in [0.2, 0.25) is 5.91 Å². The Kier molecular flexibility index (Phi) is 5.50. The number of benzene rings is 2. The Morgan fingerprint density at radius 1 is 1.27 bits per heavy atom. The quantitative estimate of drug-likeness (QED) is 0.741. The molecule has 2 aromatic rings. The van der Waals surface area contributed by atoms with Crippen LogP contribution in [0.15, 0.2) is 59.1 Å². The van der Waals surface area contributed by atoms with Crippen molar-refractivity contribution in [3.63, 3.8) is 0 Å². The van der Waals surface area contributed by atoms with Gasteiger partial charge in [-0.1, -0.05) is 48.2 Å². The number of amidine groups is 1. The number of phenolic OH excluding ortho intramolecular Hbond substituents is 1. The number of nitrogens with zero attached hydrogens (tertiary/aromatic N) is 2. The second-order valence-corrected chi connectivity index (χ2v) is 7.57. The zero-order chi connectivity index (χ0) is 21.3. The molecular formula is C22H20N2O5S. The van der Waals surface area contributed by atoms with Crippen LogP contribution in [-0.4, -0.2) is 46.5 Å². The lowest BCUT2D eigenvalue weighted by molar-refractivity contribution is -0.139. The summed E-state index contributed by atoms with van der Waals surface area (Å²) in [4.78, 5) is 32.1. The van der Waals surface area contributed by atoms with Gasteiger partial charge in [0, 0.05) is 5.56 Å². The molecule has 0 aromatic heterocycles. The summed E-state index contributed by atoms with van der Waals surface area (Å²) in [5, 5.41) is 10.6. The maximum atomic E-state index is 13.1. The lowest BCUT2D eigenvalue weighted by Gasteiger charge is -2.33. The Labute approximate surface area is 178 Å². The van der Waals surface area contributed by atoms with Crippen molar-refractivity contribution in [1.82, 2.24) is 4.90 Å². The number of rotatable bonds is 5. The van der Waals surface area contributed by atoms with E-state index in [0.717, 1.165) is 5.56 Å². The smallest absolute Gasteiger partial charge is 0.338 e. The minimum Gasteiger partial charge on any atom is -0.504 e. The molecule has 1 N–H and O–H groups in total. The number of methoxy groups -OCH3 is 1. The summed E-state index contributed by atoms with van der Waals surface area (Å²) >= 11 is 1.33. The molecule has 1 saturated heterocycles. The van der Waals surface area contributed by atoms with E-state index in [9.17, 15) is 14.7 Å². The second-order valence-electron chi connectivity index (χ2n) is 6.63. The average Bonchev–Trinajstić information content (AvgIpc) is 3.14. The number of aromatic hydroxyl groups is 1. The zero-order valence-corrected chi connectivity index (χ0v) is 17.3. The van der Waals surface area contributed by atoms with Crippen LogP contribution in [0.5, 0.6) is 11.5 Å². The van der Waals surface area contributed by atoms with Gasteiger partial charge in [-0.15, -0.1) is 0 Å². The van der Waals surface area contributed by atoms with Crippen molar-refractivity contribution >= 4 is 34.5 Å². The molecule has 0 saturated carbocycles. The molecule has 0 unspecified atom stereocenters.